The molecule has 0 radical (unpaired) electrons. The number of hydrogen-bond acceptors (Lipinski definition) is 4. The zero-order chi connectivity index (χ0) is 13.3. The lowest BCUT2D eigenvalue weighted by atomic mass is 9.95. The van der Waals surface area contributed by atoms with Gasteiger partial charge in [0.2, 0.25) is 0 Å². The SMILES string of the molecule is Cc1cc(N)ccc1-c1ccc(NO)c(O)c1C. The predicted molar refractivity (Wildman–Crippen MR) is 72.8 cm³/mol. The molecule has 0 atom stereocenters. The fourth-order valence-electron chi connectivity index (χ4n) is 2.07. The molecular formula is C14H16N2O2. The number of phenolic OH excluding ortho intramolecular Hbond substituents is 1. The van der Waals surface area contributed by atoms with Gasteiger partial charge in [-0.2, -0.15) is 0 Å². The number of nitrogen functional groups attached to an aromatic ring is 1. The number of aryl methyl sites for hydroxylation is 1. The first-order valence-electron chi connectivity index (χ1n) is 5.63. The first-order valence-corrected chi connectivity index (χ1v) is 5.63. The van der Waals surface area contributed by atoms with Crippen molar-refractivity contribution in [1.82, 2.24) is 0 Å². The van der Waals surface area contributed by atoms with Crippen LogP contribution in [0.3, 0.4) is 0 Å². The second kappa shape index (κ2) is 4.58. The molecular weight excluding hydrogens is 228 g/mol. The van der Waals surface area contributed by atoms with Crippen LogP contribution in [0.1, 0.15) is 11.1 Å². The van der Waals surface area contributed by atoms with Crippen LogP contribution in [-0.4, -0.2) is 10.3 Å². The maximum atomic E-state index is 9.94. The third-order valence-corrected chi connectivity index (χ3v) is 3.09. The van der Waals surface area contributed by atoms with Gasteiger partial charge in [-0.1, -0.05) is 12.1 Å². The zero-order valence-electron chi connectivity index (χ0n) is 10.4. The monoisotopic (exact) mass is 244 g/mol. The maximum absolute atomic E-state index is 9.94. The van der Waals surface area contributed by atoms with Gasteiger partial charge in [0.25, 0.3) is 0 Å². The molecule has 0 saturated carbocycles. The van der Waals surface area contributed by atoms with Crippen molar-refractivity contribution < 1.29 is 10.3 Å². The quantitative estimate of drug-likeness (QED) is 0.372. The smallest absolute Gasteiger partial charge is 0.144 e. The molecule has 0 aliphatic heterocycles. The highest BCUT2D eigenvalue weighted by Gasteiger charge is 2.11. The van der Waals surface area contributed by atoms with Crippen LogP contribution in [0, 0.1) is 13.8 Å². The second-order valence-corrected chi connectivity index (χ2v) is 4.32. The molecule has 2 aromatic carbocycles. The second-order valence-electron chi connectivity index (χ2n) is 4.32. The number of aromatic hydroxyl groups is 1. The maximum Gasteiger partial charge on any atom is 0.144 e. The number of anilines is 2. The molecule has 0 fully saturated rings. The Labute approximate surface area is 106 Å². The fraction of sp³-hybridized carbons (Fsp3) is 0.143. The van der Waals surface area contributed by atoms with Gasteiger partial charge in [0.05, 0.1) is 0 Å². The Morgan fingerprint density at radius 1 is 1.06 bits per heavy atom. The van der Waals surface area contributed by atoms with Crippen LogP contribution in [-0.2, 0) is 0 Å². The van der Waals surface area contributed by atoms with Crippen molar-refractivity contribution in [2.45, 2.75) is 13.8 Å². The minimum absolute atomic E-state index is 0.0474. The summed E-state index contributed by atoms with van der Waals surface area (Å²) in [4.78, 5) is 0. The molecule has 18 heavy (non-hydrogen) atoms. The van der Waals surface area contributed by atoms with Crippen molar-refractivity contribution in [3.63, 3.8) is 0 Å². The number of benzene rings is 2. The summed E-state index contributed by atoms with van der Waals surface area (Å²) in [5, 5.41) is 18.8. The average Bonchev–Trinajstić information content (AvgIpc) is 2.34. The molecule has 4 nitrogen and oxygen atoms in total. The van der Waals surface area contributed by atoms with Crippen LogP contribution in [0.4, 0.5) is 11.4 Å². The molecule has 0 aliphatic rings. The number of hydrogen-bond donors (Lipinski definition) is 4. The molecule has 0 amide bonds. The van der Waals surface area contributed by atoms with Gasteiger partial charge in [0.1, 0.15) is 11.4 Å². The summed E-state index contributed by atoms with van der Waals surface area (Å²) in [6.45, 7) is 3.78. The number of nitrogens with one attached hydrogen (secondary N) is 1. The summed E-state index contributed by atoms with van der Waals surface area (Å²) < 4.78 is 0. The van der Waals surface area contributed by atoms with E-state index >= 15 is 0 Å². The molecule has 0 unspecified atom stereocenters. The van der Waals surface area contributed by atoms with Crippen molar-refractivity contribution in [2.75, 3.05) is 11.2 Å². The van der Waals surface area contributed by atoms with E-state index in [1.54, 1.807) is 13.0 Å². The van der Waals surface area contributed by atoms with Gasteiger partial charge in [-0.05, 0) is 48.7 Å². The van der Waals surface area contributed by atoms with Crippen LogP contribution in [0.5, 0.6) is 5.75 Å². The molecule has 0 saturated heterocycles. The minimum atomic E-state index is 0.0474. The Kier molecular flexibility index (Phi) is 3.12. The summed E-state index contributed by atoms with van der Waals surface area (Å²) in [6.07, 6.45) is 0. The molecule has 2 rings (SSSR count). The van der Waals surface area contributed by atoms with Crippen LogP contribution < -0.4 is 11.2 Å². The van der Waals surface area contributed by atoms with Crippen LogP contribution in [0.2, 0.25) is 0 Å². The van der Waals surface area contributed by atoms with Crippen LogP contribution >= 0.6 is 0 Å². The Morgan fingerprint density at radius 3 is 2.33 bits per heavy atom. The van der Waals surface area contributed by atoms with Crippen molar-refractivity contribution >= 4 is 11.4 Å². The molecule has 0 aromatic heterocycles. The molecule has 5 N–H and O–H groups in total. The third-order valence-electron chi connectivity index (χ3n) is 3.09. The highest BCUT2D eigenvalue weighted by atomic mass is 16.5. The van der Waals surface area contributed by atoms with E-state index in [1.807, 2.05) is 36.7 Å². The standard InChI is InChI=1S/C14H16N2O2/c1-8-7-10(15)3-4-11(8)12-5-6-13(16-18)14(17)9(12)2/h3-7,16-18H,15H2,1-2H3. The van der Waals surface area contributed by atoms with Gasteiger partial charge in [-0.25, -0.2) is 0 Å². The van der Waals surface area contributed by atoms with Gasteiger partial charge in [-0.3, -0.25) is 10.7 Å². The summed E-state index contributed by atoms with van der Waals surface area (Å²) >= 11 is 0. The average molecular weight is 244 g/mol. The lowest BCUT2D eigenvalue weighted by molar-refractivity contribution is 0.380. The topological polar surface area (TPSA) is 78.5 Å². The molecule has 2 aromatic rings. The van der Waals surface area contributed by atoms with Gasteiger partial charge in [0, 0.05) is 11.3 Å². The highest BCUT2D eigenvalue weighted by Crippen LogP contribution is 2.36. The lowest BCUT2D eigenvalue weighted by Crippen LogP contribution is -1.94. The van der Waals surface area contributed by atoms with Gasteiger partial charge in [-0.15, -0.1) is 0 Å². The molecule has 4 heteroatoms. The molecule has 0 bridgehead atoms. The molecule has 0 spiro atoms. The molecule has 94 valence electrons. The van der Waals surface area contributed by atoms with Crippen LogP contribution in [0.25, 0.3) is 11.1 Å². The van der Waals surface area contributed by atoms with E-state index in [-0.39, 0.29) is 5.75 Å². The van der Waals surface area contributed by atoms with E-state index in [9.17, 15) is 5.11 Å². The van der Waals surface area contributed by atoms with Gasteiger partial charge < -0.3 is 10.8 Å². The Bertz CT molecular complexity index is 595. The molecule has 0 aliphatic carbocycles. The van der Waals surface area contributed by atoms with E-state index in [4.69, 9.17) is 10.9 Å². The lowest BCUT2D eigenvalue weighted by Gasteiger charge is -2.13. The van der Waals surface area contributed by atoms with Crippen molar-refractivity contribution in [1.29, 1.82) is 0 Å². The number of nitrogens with two attached hydrogens (primary N) is 1. The Balaban J connectivity index is 2.61. The van der Waals surface area contributed by atoms with Crippen LogP contribution in [0.15, 0.2) is 30.3 Å². The minimum Gasteiger partial charge on any atom is -0.505 e. The summed E-state index contributed by atoms with van der Waals surface area (Å²) in [6, 6.07) is 9.14. The summed E-state index contributed by atoms with van der Waals surface area (Å²) in [5.74, 6) is 0.0474. The highest BCUT2D eigenvalue weighted by molar-refractivity contribution is 5.77. The van der Waals surface area contributed by atoms with E-state index in [2.05, 4.69) is 0 Å². The normalized spacial score (nSPS) is 10.4. The number of phenols is 1. The zero-order valence-corrected chi connectivity index (χ0v) is 10.4. The summed E-state index contributed by atoms with van der Waals surface area (Å²) in [5.41, 5.74) is 12.4. The van der Waals surface area contributed by atoms with E-state index < -0.39 is 0 Å². The number of rotatable bonds is 2. The van der Waals surface area contributed by atoms with Crippen molar-refractivity contribution in [2.24, 2.45) is 0 Å². The van der Waals surface area contributed by atoms with Gasteiger partial charge in [0.15, 0.2) is 0 Å². The Hall–Kier alpha value is -2.20. The first kappa shape index (κ1) is 12.3. The van der Waals surface area contributed by atoms with Crippen molar-refractivity contribution in [3.8, 4) is 16.9 Å². The van der Waals surface area contributed by atoms with E-state index in [0.29, 0.717) is 16.9 Å². The largest absolute Gasteiger partial charge is 0.505 e. The Morgan fingerprint density at radius 2 is 1.72 bits per heavy atom. The van der Waals surface area contributed by atoms with Gasteiger partial charge >= 0.3 is 0 Å². The molecule has 0 heterocycles. The fourth-order valence-corrected chi connectivity index (χ4v) is 2.07. The van der Waals surface area contributed by atoms with Crippen molar-refractivity contribution in [3.05, 3.63) is 41.5 Å². The predicted octanol–water partition coefficient (Wildman–Crippen LogP) is 3.06. The summed E-state index contributed by atoms with van der Waals surface area (Å²) in [7, 11) is 0. The first-order chi connectivity index (χ1) is 8.54. The third kappa shape index (κ3) is 1.98. The van der Waals surface area contributed by atoms with E-state index in [1.165, 1.54) is 0 Å². The van der Waals surface area contributed by atoms with E-state index in [0.717, 1.165) is 16.7 Å².